The van der Waals surface area contributed by atoms with Gasteiger partial charge in [-0.15, -0.1) is 0 Å². The molecule has 0 bridgehead atoms. The summed E-state index contributed by atoms with van der Waals surface area (Å²) in [5.41, 5.74) is 1.13. The molecule has 1 amide bonds. The Morgan fingerprint density at radius 3 is 2.35 bits per heavy atom. The van der Waals surface area contributed by atoms with Crippen molar-refractivity contribution in [3.8, 4) is 0 Å². The van der Waals surface area contributed by atoms with Crippen molar-refractivity contribution in [3.05, 3.63) is 0 Å². The second kappa shape index (κ2) is 11.4. The molecular formula is C24H40N2O5. The van der Waals surface area contributed by atoms with Crippen LogP contribution in [0.15, 0.2) is 5.10 Å². The minimum absolute atomic E-state index is 0.0206. The van der Waals surface area contributed by atoms with Gasteiger partial charge in [0.15, 0.2) is 0 Å². The molecule has 1 aliphatic heterocycles. The quantitative estimate of drug-likeness (QED) is 0.584. The molecule has 0 saturated heterocycles. The number of nitrogens with zero attached hydrogens (tertiary/aromatic N) is 2. The number of hydrogen-bond acceptors (Lipinski definition) is 5. The summed E-state index contributed by atoms with van der Waals surface area (Å²) in [6, 6.07) is 0.131. The van der Waals surface area contributed by atoms with Gasteiger partial charge in [0.1, 0.15) is 0 Å². The van der Waals surface area contributed by atoms with Crippen LogP contribution in [-0.2, 0) is 19.1 Å². The molecule has 4 atom stereocenters. The number of aliphatic carboxylic acids is 1. The molecule has 1 heterocycles. The number of carbonyl (C=O) groups excluding carboxylic acids is 1. The zero-order chi connectivity index (χ0) is 22.4. The van der Waals surface area contributed by atoms with E-state index in [9.17, 15) is 9.59 Å². The average Bonchev–Trinajstić information content (AvgIpc) is 3.24. The van der Waals surface area contributed by atoms with Crippen molar-refractivity contribution < 1.29 is 24.2 Å². The van der Waals surface area contributed by atoms with Gasteiger partial charge in [-0.2, -0.15) is 5.10 Å². The third-order valence-electron chi connectivity index (χ3n) is 7.83. The van der Waals surface area contributed by atoms with E-state index in [1.165, 1.54) is 19.3 Å². The van der Waals surface area contributed by atoms with Gasteiger partial charge >= 0.3 is 5.97 Å². The lowest BCUT2D eigenvalue weighted by Crippen LogP contribution is -2.40. The molecule has 0 radical (unpaired) electrons. The van der Waals surface area contributed by atoms with Crippen molar-refractivity contribution in [2.45, 2.75) is 102 Å². The average molecular weight is 437 g/mol. The molecule has 2 saturated carbocycles. The van der Waals surface area contributed by atoms with Crippen LogP contribution in [0.1, 0.15) is 84.0 Å². The molecular weight excluding hydrogens is 396 g/mol. The van der Waals surface area contributed by atoms with Crippen molar-refractivity contribution in [3.63, 3.8) is 0 Å². The predicted molar refractivity (Wildman–Crippen MR) is 119 cm³/mol. The Morgan fingerprint density at radius 1 is 1.03 bits per heavy atom. The first kappa shape index (κ1) is 24.2. The first-order valence-corrected chi connectivity index (χ1v) is 12.1. The Balaban J connectivity index is 1.70. The summed E-state index contributed by atoms with van der Waals surface area (Å²) in [5, 5.41) is 15.6. The van der Waals surface area contributed by atoms with Gasteiger partial charge in [0.25, 0.3) is 0 Å². The van der Waals surface area contributed by atoms with Crippen LogP contribution in [0.25, 0.3) is 0 Å². The van der Waals surface area contributed by atoms with Gasteiger partial charge in [0.05, 0.1) is 18.2 Å². The van der Waals surface area contributed by atoms with Crippen LogP contribution in [-0.4, -0.2) is 60.2 Å². The van der Waals surface area contributed by atoms with Gasteiger partial charge in [-0.05, 0) is 50.4 Å². The van der Waals surface area contributed by atoms with Gasteiger partial charge in [-0.25, -0.2) is 5.01 Å². The highest BCUT2D eigenvalue weighted by Gasteiger charge is 2.42. The zero-order valence-corrected chi connectivity index (χ0v) is 19.4. The topological polar surface area (TPSA) is 88.4 Å². The van der Waals surface area contributed by atoms with Crippen LogP contribution in [0, 0.1) is 17.8 Å². The molecule has 31 heavy (non-hydrogen) atoms. The normalized spacial score (nSPS) is 33.9. The van der Waals surface area contributed by atoms with Gasteiger partial charge in [-0.3, -0.25) is 9.59 Å². The monoisotopic (exact) mass is 436 g/mol. The Labute approximate surface area is 186 Å². The summed E-state index contributed by atoms with van der Waals surface area (Å²) in [7, 11) is 3.48. The molecule has 176 valence electrons. The van der Waals surface area contributed by atoms with E-state index >= 15 is 0 Å². The molecule has 0 spiro atoms. The molecule has 0 aromatic heterocycles. The van der Waals surface area contributed by atoms with Crippen molar-refractivity contribution in [2.75, 3.05) is 14.2 Å². The molecule has 0 aromatic carbocycles. The van der Waals surface area contributed by atoms with Crippen LogP contribution in [0.4, 0.5) is 0 Å². The van der Waals surface area contributed by atoms with Crippen molar-refractivity contribution in [2.24, 2.45) is 22.9 Å². The second-order valence-corrected chi connectivity index (χ2v) is 9.60. The van der Waals surface area contributed by atoms with Gasteiger partial charge in [0.2, 0.25) is 5.91 Å². The number of carboxylic acids is 1. The van der Waals surface area contributed by atoms with Crippen LogP contribution in [0.5, 0.6) is 0 Å². The van der Waals surface area contributed by atoms with Crippen molar-refractivity contribution in [1.29, 1.82) is 0 Å². The van der Waals surface area contributed by atoms with Crippen molar-refractivity contribution in [1.82, 2.24) is 5.01 Å². The summed E-state index contributed by atoms with van der Waals surface area (Å²) in [4.78, 5) is 23.9. The highest BCUT2D eigenvalue weighted by molar-refractivity contribution is 5.92. The van der Waals surface area contributed by atoms with E-state index in [0.717, 1.165) is 50.2 Å². The largest absolute Gasteiger partial charge is 0.481 e. The summed E-state index contributed by atoms with van der Waals surface area (Å²) in [6.07, 6.45) is 10.5. The standard InChI is InChI=1S/C24H40N2O5/c1-4-16-8-10-17(11-9-16)20-15-19(18-12-13-21(30-2)22(14-18)31-3)25-26(20)23(27)6-5-7-24(28)29/h16-18,20-22H,4-15H2,1-3H3,(H,28,29). The fourth-order valence-corrected chi connectivity index (χ4v) is 5.82. The number of amides is 1. The van der Waals surface area contributed by atoms with E-state index in [1.54, 1.807) is 19.2 Å². The first-order valence-electron chi connectivity index (χ1n) is 12.1. The molecule has 3 aliphatic rings. The molecule has 4 unspecified atom stereocenters. The lowest BCUT2D eigenvalue weighted by molar-refractivity contribution is -0.137. The maximum atomic E-state index is 13.0. The van der Waals surface area contributed by atoms with Gasteiger partial charge in [0, 0.05) is 45.1 Å². The highest BCUT2D eigenvalue weighted by Crippen LogP contribution is 2.40. The van der Waals surface area contributed by atoms with Gasteiger partial charge in [-0.1, -0.05) is 26.2 Å². The Hall–Kier alpha value is -1.47. The number of rotatable bonds is 9. The molecule has 2 aliphatic carbocycles. The van der Waals surface area contributed by atoms with E-state index in [4.69, 9.17) is 19.7 Å². The van der Waals surface area contributed by atoms with E-state index < -0.39 is 5.97 Å². The second-order valence-electron chi connectivity index (χ2n) is 9.60. The number of methoxy groups -OCH3 is 2. The SMILES string of the molecule is CCC1CCC(C2CC(C3CCC(OC)C(OC)C3)=NN2C(=O)CCCC(=O)O)CC1. The minimum atomic E-state index is -0.853. The Bertz CT molecular complexity index is 644. The van der Waals surface area contributed by atoms with E-state index in [2.05, 4.69) is 6.92 Å². The number of hydrogen-bond donors (Lipinski definition) is 1. The van der Waals surface area contributed by atoms with Crippen LogP contribution >= 0.6 is 0 Å². The molecule has 0 aromatic rings. The van der Waals surface area contributed by atoms with Crippen molar-refractivity contribution >= 4 is 17.6 Å². The minimum Gasteiger partial charge on any atom is -0.481 e. The summed E-state index contributed by atoms with van der Waals surface area (Å²) < 4.78 is 11.3. The third-order valence-corrected chi connectivity index (χ3v) is 7.83. The molecule has 1 N–H and O–H groups in total. The fraction of sp³-hybridized carbons (Fsp3) is 0.875. The summed E-state index contributed by atoms with van der Waals surface area (Å²) in [6.45, 7) is 2.27. The zero-order valence-electron chi connectivity index (χ0n) is 19.4. The maximum absolute atomic E-state index is 13.0. The molecule has 2 fully saturated rings. The maximum Gasteiger partial charge on any atom is 0.303 e. The third kappa shape index (κ3) is 6.07. The van der Waals surface area contributed by atoms with E-state index in [-0.39, 0.29) is 37.0 Å². The summed E-state index contributed by atoms with van der Waals surface area (Å²) >= 11 is 0. The summed E-state index contributed by atoms with van der Waals surface area (Å²) in [5.74, 6) is 0.745. The van der Waals surface area contributed by atoms with Gasteiger partial charge < -0.3 is 14.6 Å². The number of carboxylic acid groups (broad SMARTS) is 1. The highest BCUT2D eigenvalue weighted by atomic mass is 16.5. The Kier molecular flexibility index (Phi) is 8.90. The number of hydrazone groups is 1. The number of carbonyl (C=O) groups is 2. The Morgan fingerprint density at radius 2 is 1.74 bits per heavy atom. The van der Waals surface area contributed by atoms with Crippen LogP contribution in [0.2, 0.25) is 0 Å². The van der Waals surface area contributed by atoms with E-state index in [1.807, 2.05) is 0 Å². The van der Waals surface area contributed by atoms with Crippen LogP contribution < -0.4 is 0 Å². The van der Waals surface area contributed by atoms with Crippen LogP contribution in [0.3, 0.4) is 0 Å². The lowest BCUT2D eigenvalue weighted by atomic mass is 9.75. The molecule has 7 nitrogen and oxygen atoms in total. The fourth-order valence-electron chi connectivity index (χ4n) is 5.82. The predicted octanol–water partition coefficient (Wildman–Crippen LogP) is 4.24. The molecule has 7 heteroatoms. The first-order chi connectivity index (χ1) is 15.0. The molecule has 3 rings (SSSR count). The smallest absolute Gasteiger partial charge is 0.303 e. The number of ether oxygens (including phenoxy) is 2. The lowest BCUT2D eigenvalue weighted by Gasteiger charge is -2.35. The van der Waals surface area contributed by atoms with E-state index in [0.29, 0.717) is 18.3 Å².